The molecular weight excluding hydrogens is 544 g/mol. The van der Waals surface area contributed by atoms with E-state index in [1.54, 1.807) is 18.1 Å². The number of β-amino-alcohol motifs (C(OH)–C–C–N with tert-alkyl or cyclic N) is 1. The highest BCUT2D eigenvalue weighted by molar-refractivity contribution is 6.07. The van der Waals surface area contributed by atoms with Crippen molar-refractivity contribution in [3.8, 4) is 11.3 Å². The first-order valence-electron chi connectivity index (χ1n) is 14.9. The Bertz CT molecular complexity index is 1780. The predicted molar refractivity (Wildman–Crippen MR) is 166 cm³/mol. The Morgan fingerprint density at radius 3 is 2.53 bits per heavy atom. The van der Waals surface area contributed by atoms with Crippen LogP contribution in [0.5, 0.6) is 0 Å². The summed E-state index contributed by atoms with van der Waals surface area (Å²) in [6.07, 6.45) is 5.99. The smallest absolute Gasteiger partial charge is 0.293 e. The van der Waals surface area contributed by atoms with Gasteiger partial charge in [0.05, 0.1) is 23.6 Å². The van der Waals surface area contributed by atoms with Crippen LogP contribution < -0.4 is 20.7 Å². The molecular formula is C33H36N6O4. The van der Waals surface area contributed by atoms with Gasteiger partial charge in [-0.05, 0) is 74.6 Å². The number of nitrogens with one attached hydrogen (secondary N) is 1. The van der Waals surface area contributed by atoms with Crippen molar-refractivity contribution in [2.75, 3.05) is 34.8 Å². The summed E-state index contributed by atoms with van der Waals surface area (Å²) < 4.78 is 3.65. The van der Waals surface area contributed by atoms with Crippen molar-refractivity contribution >= 4 is 28.8 Å². The number of aryl methyl sites for hydroxylation is 2. The molecule has 0 bridgehead atoms. The van der Waals surface area contributed by atoms with Gasteiger partial charge in [0.1, 0.15) is 5.69 Å². The molecule has 3 N–H and O–H groups in total. The maximum atomic E-state index is 13.8. The van der Waals surface area contributed by atoms with Gasteiger partial charge in [-0.25, -0.2) is 4.98 Å². The van der Waals surface area contributed by atoms with E-state index in [2.05, 4.69) is 25.8 Å². The number of fused-ring (bicyclic) bond motifs is 3. The van der Waals surface area contributed by atoms with E-state index >= 15 is 0 Å². The number of hydrogen-bond donors (Lipinski definition) is 3. The molecule has 4 aromatic rings. The zero-order chi connectivity index (χ0) is 29.9. The average molecular weight is 581 g/mol. The van der Waals surface area contributed by atoms with E-state index in [1.165, 1.54) is 15.8 Å². The minimum absolute atomic E-state index is 0.0615. The summed E-state index contributed by atoms with van der Waals surface area (Å²) in [6.45, 7) is 3.92. The molecule has 0 radical (unpaired) electrons. The molecule has 2 aromatic carbocycles. The van der Waals surface area contributed by atoms with Crippen LogP contribution in [0.15, 0.2) is 59.5 Å². The second kappa shape index (κ2) is 10.4. The number of carbonyl (C=O) groups excluding carboxylic acids is 1. The van der Waals surface area contributed by atoms with Crippen molar-refractivity contribution in [2.24, 2.45) is 7.05 Å². The van der Waals surface area contributed by atoms with E-state index in [0.717, 1.165) is 31.4 Å². The summed E-state index contributed by atoms with van der Waals surface area (Å²) in [5.74, 6) is 0.0972. The quantitative estimate of drug-likeness (QED) is 0.319. The van der Waals surface area contributed by atoms with Gasteiger partial charge in [-0.15, -0.1) is 0 Å². The summed E-state index contributed by atoms with van der Waals surface area (Å²) in [6, 6.07) is 15.3. The molecule has 0 spiro atoms. The number of aromatic nitrogens is 3. The topological polar surface area (TPSA) is 116 Å². The second-order valence-electron chi connectivity index (χ2n) is 12.2. The largest absolute Gasteiger partial charge is 0.392 e. The lowest BCUT2D eigenvalue weighted by molar-refractivity contribution is 0.0310. The zero-order valence-electron chi connectivity index (χ0n) is 24.5. The van der Waals surface area contributed by atoms with Crippen LogP contribution in [0.3, 0.4) is 0 Å². The van der Waals surface area contributed by atoms with Crippen LogP contribution >= 0.6 is 0 Å². The molecule has 1 amide bonds. The number of rotatable bonds is 6. The maximum absolute atomic E-state index is 13.8. The molecule has 10 nitrogen and oxygen atoms in total. The molecule has 43 heavy (non-hydrogen) atoms. The average Bonchev–Trinajstić information content (AvgIpc) is 3.38. The van der Waals surface area contributed by atoms with Gasteiger partial charge in [0.15, 0.2) is 5.82 Å². The van der Waals surface area contributed by atoms with Crippen LogP contribution in [-0.2, 0) is 33.0 Å². The first-order chi connectivity index (χ1) is 20.7. The lowest BCUT2D eigenvalue weighted by Crippen LogP contribution is -2.60. The van der Waals surface area contributed by atoms with E-state index in [-0.39, 0.29) is 23.9 Å². The predicted octanol–water partition coefficient (Wildman–Crippen LogP) is 3.59. The van der Waals surface area contributed by atoms with Gasteiger partial charge in [-0.1, -0.05) is 12.1 Å². The van der Waals surface area contributed by atoms with Gasteiger partial charge < -0.3 is 34.5 Å². The molecule has 0 saturated carbocycles. The molecule has 222 valence electrons. The highest BCUT2D eigenvalue weighted by Gasteiger charge is 2.36. The van der Waals surface area contributed by atoms with Crippen molar-refractivity contribution in [2.45, 2.75) is 51.4 Å². The normalized spacial score (nSPS) is 17.3. The van der Waals surface area contributed by atoms with Crippen LogP contribution in [0.4, 0.5) is 22.9 Å². The van der Waals surface area contributed by atoms with Crippen molar-refractivity contribution < 1.29 is 15.0 Å². The number of benzene rings is 2. The number of aliphatic hydroxyl groups is 2. The standard InChI is InChI=1S/C33H36N6O4/c1-33(43)19-37(20-33)23-12-10-22(11-13-23)34-30-32(42)36(2)17-26(35-30)24-7-5-9-28(25(24)18-40)39-15-14-38-27-8-4-3-6-21(27)16-29(38)31(39)41/h5,7,9-13,16-17,40,43H,3-4,6,8,14-15,18-20H2,1-2H3,(H,34,35). The molecule has 0 unspecified atom stereocenters. The SMILES string of the molecule is Cn1cc(-c2cccc(N3CCn4c(cc5c4CCCC5)C3=O)c2CO)nc(Nc2ccc(N3CC(C)(O)C3)cc2)c1=O. The first-order valence-corrected chi connectivity index (χ1v) is 14.9. The third kappa shape index (κ3) is 4.80. The van der Waals surface area contributed by atoms with Crippen LogP contribution in [0, 0.1) is 0 Å². The van der Waals surface area contributed by atoms with Crippen LogP contribution in [-0.4, -0.2) is 55.5 Å². The van der Waals surface area contributed by atoms with Gasteiger partial charge in [0.2, 0.25) is 0 Å². The highest BCUT2D eigenvalue weighted by Crippen LogP contribution is 2.35. The zero-order valence-corrected chi connectivity index (χ0v) is 24.5. The summed E-state index contributed by atoms with van der Waals surface area (Å²) in [5, 5.41) is 23.8. The molecule has 4 heterocycles. The Hall–Kier alpha value is -4.41. The Morgan fingerprint density at radius 2 is 1.79 bits per heavy atom. The Balaban J connectivity index is 1.19. The van der Waals surface area contributed by atoms with Gasteiger partial charge in [0.25, 0.3) is 11.5 Å². The Kier molecular flexibility index (Phi) is 6.63. The molecule has 2 aliphatic heterocycles. The van der Waals surface area contributed by atoms with Crippen LogP contribution in [0.2, 0.25) is 0 Å². The fourth-order valence-electron chi connectivity index (χ4n) is 6.77. The Labute approximate surface area is 249 Å². The lowest BCUT2D eigenvalue weighted by Gasteiger charge is -2.45. The Morgan fingerprint density at radius 1 is 1.02 bits per heavy atom. The fourth-order valence-corrected chi connectivity index (χ4v) is 6.77. The molecule has 3 aliphatic rings. The summed E-state index contributed by atoms with van der Waals surface area (Å²) in [4.78, 5) is 35.4. The minimum atomic E-state index is -0.662. The molecule has 7 rings (SSSR count). The van der Waals surface area contributed by atoms with Gasteiger partial charge in [0, 0.05) is 67.6 Å². The molecule has 1 aliphatic carbocycles. The van der Waals surface area contributed by atoms with Gasteiger partial charge in [-0.2, -0.15) is 0 Å². The summed E-state index contributed by atoms with van der Waals surface area (Å²) in [5.41, 5.74) is 6.46. The fraction of sp³-hybridized carbons (Fsp3) is 0.364. The van der Waals surface area contributed by atoms with E-state index < -0.39 is 5.60 Å². The molecule has 0 atom stereocenters. The number of anilines is 4. The van der Waals surface area contributed by atoms with E-state index in [0.29, 0.717) is 60.1 Å². The molecule has 1 saturated heterocycles. The van der Waals surface area contributed by atoms with E-state index in [4.69, 9.17) is 0 Å². The number of carbonyl (C=O) groups is 1. The van der Waals surface area contributed by atoms with Crippen molar-refractivity contribution in [3.05, 3.63) is 87.6 Å². The number of amides is 1. The van der Waals surface area contributed by atoms with Crippen molar-refractivity contribution in [3.63, 3.8) is 0 Å². The highest BCUT2D eigenvalue weighted by atomic mass is 16.3. The molecule has 1 fully saturated rings. The number of aliphatic hydroxyl groups excluding tert-OH is 1. The van der Waals surface area contributed by atoms with Crippen molar-refractivity contribution in [1.29, 1.82) is 0 Å². The summed E-state index contributed by atoms with van der Waals surface area (Å²) >= 11 is 0. The van der Waals surface area contributed by atoms with Crippen LogP contribution in [0.25, 0.3) is 11.3 Å². The second-order valence-corrected chi connectivity index (χ2v) is 12.2. The van der Waals surface area contributed by atoms with Gasteiger partial charge in [-0.3, -0.25) is 9.59 Å². The minimum Gasteiger partial charge on any atom is -0.392 e. The van der Waals surface area contributed by atoms with Crippen LogP contribution in [0.1, 0.15) is 47.1 Å². The van der Waals surface area contributed by atoms with Crippen molar-refractivity contribution in [1.82, 2.24) is 14.1 Å². The third-order valence-corrected chi connectivity index (χ3v) is 8.92. The summed E-state index contributed by atoms with van der Waals surface area (Å²) in [7, 11) is 1.67. The monoisotopic (exact) mass is 580 g/mol. The maximum Gasteiger partial charge on any atom is 0.293 e. The third-order valence-electron chi connectivity index (χ3n) is 8.92. The van der Waals surface area contributed by atoms with E-state index in [1.807, 2.05) is 49.4 Å². The van der Waals surface area contributed by atoms with Gasteiger partial charge >= 0.3 is 0 Å². The molecule has 10 heteroatoms. The number of nitrogens with zero attached hydrogens (tertiary/aromatic N) is 5. The first kappa shape index (κ1) is 27.4. The lowest BCUT2D eigenvalue weighted by atomic mass is 9.96. The van der Waals surface area contributed by atoms with E-state index in [9.17, 15) is 19.8 Å². The number of hydrogen-bond acceptors (Lipinski definition) is 7. The molecule has 2 aromatic heterocycles.